The van der Waals surface area contributed by atoms with Gasteiger partial charge in [-0.25, -0.2) is 0 Å². The van der Waals surface area contributed by atoms with Crippen LogP contribution in [0, 0.1) is 0 Å². The van der Waals surface area contributed by atoms with Crippen LogP contribution in [0.25, 0.3) is 0 Å². The van der Waals surface area contributed by atoms with Crippen LogP contribution in [0.1, 0.15) is 37.5 Å². The van der Waals surface area contributed by atoms with Crippen LogP contribution in [0.4, 0.5) is 0 Å². The predicted molar refractivity (Wildman–Crippen MR) is 81.4 cm³/mol. The maximum absolute atomic E-state index is 10.3. The summed E-state index contributed by atoms with van der Waals surface area (Å²) in [6.45, 7) is 6.07. The van der Waals surface area contributed by atoms with Crippen molar-refractivity contribution in [1.82, 2.24) is 10.2 Å². The van der Waals surface area contributed by atoms with Gasteiger partial charge in [0.25, 0.3) is 0 Å². The highest BCUT2D eigenvalue weighted by molar-refractivity contribution is 5.25. The average molecular weight is 264 g/mol. The minimum Gasteiger partial charge on any atom is -0.387 e. The minimum absolute atomic E-state index is 0.0666. The Balaban J connectivity index is 2.48. The number of nitrogens with one attached hydrogen (secondary N) is 1. The first-order chi connectivity index (χ1) is 9.04. The Morgan fingerprint density at radius 1 is 1.21 bits per heavy atom. The molecule has 0 amide bonds. The molecular formula is C16H28N2O. The molecule has 0 saturated carbocycles. The van der Waals surface area contributed by atoms with E-state index in [1.807, 2.05) is 19.1 Å². The molecule has 2 atom stereocenters. The molecule has 2 unspecified atom stereocenters. The normalized spacial score (nSPS) is 14.6. The molecule has 1 aromatic carbocycles. The second-order valence-electron chi connectivity index (χ2n) is 5.48. The van der Waals surface area contributed by atoms with E-state index in [1.54, 1.807) is 0 Å². The maximum atomic E-state index is 10.3. The van der Waals surface area contributed by atoms with Crippen molar-refractivity contribution in [3.05, 3.63) is 35.4 Å². The highest BCUT2D eigenvalue weighted by Crippen LogP contribution is 2.17. The Kier molecular flexibility index (Phi) is 7.06. The molecule has 0 aliphatic carbocycles. The fourth-order valence-corrected chi connectivity index (χ4v) is 2.09. The van der Waals surface area contributed by atoms with Crippen molar-refractivity contribution in [1.29, 1.82) is 0 Å². The molecule has 0 bridgehead atoms. The van der Waals surface area contributed by atoms with Gasteiger partial charge in [0.1, 0.15) is 0 Å². The number of nitrogens with zero attached hydrogens (tertiary/aromatic N) is 1. The topological polar surface area (TPSA) is 35.5 Å². The van der Waals surface area contributed by atoms with Gasteiger partial charge >= 0.3 is 0 Å². The number of rotatable bonds is 8. The van der Waals surface area contributed by atoms with E-state index in [0.29, 0.717) is 0 Å². The van der Waals surface area contributed by atoms with Gasteiger partial charge in [-0.1, -0.05) is 37.6 Å². The molecule has 19 heavy (non-hydrogen) atoms. The lowest BCUT2D eigenvalue weighted by atomic mass is 10.0. The van der Waals surface area contributed by atoms with Crippen LogP contribution >= 0.6 is 0 Å². The van der Waals surface area contributed by atoms with Crippen molar-refractivity contribution in [3.63, 3.8) is 0 Å². The second-order valence-corrected chi connectivity index (χ2v) is 5.48. The Labute approximate surface area is 117 Å². The fourth-order valence-electron chi connectivity index (χ4n) is 2.09. The average Bonchev–Trinajstić information content (AvgIpc) is 2.38. The van der Waals surface area contributed by atoms with Crippen molar-refractivity contribution in [2.24, 2.45) is 0 Å². The summed E-state index contributed by atoms with van der Waals surface area (Å²) in [4.78, 5) is 2.13. The standard InChI is InChI=1S/C16H28N2O/c1-5-6-14-7-9-15(10-8-14)16(19)13(2)17-11-12-18(3)4/h7-10,13,16-17,19H,5-6,11-12H2,1-4H3. The first-order valence-electron chi connectivity index (χ1n) is 7.19. The second kappa shape index (κ2) is 8.31. The summed E-state index contributed by atoms with van der Waals surface area (Å²) in [6, 6.07) is 8.39. The molecule has 3 nitrogen and oxygen atoms in total. The van der Waals surface area contributed by atoms with E-state index < -0.39 is 6.10 Å². The van der Waals surface area contributed by atoms with E-state index in [4.69, 9.17) is 0 Å². The Bertz CT molecular complexity index is 348. The maximum Gasteiger partial charge on any atom is 0.0940 e. The van der Waals surface area contributed by atoms with E-state index in [0.717, 1.165) is 31.5 Å². The number of hydrogen-bond acceptors (Lipinski definition) is 3. The number of benzene rings is 1. The minimum atomic E-state index is -0.446. The lowest BCUT2D eigenvalue weighted by Crippen LogP contribution is -2.36. The van der Waals surface area contributed by atoms with Crippen molar-refractivity contribution in [2.75, 3.05) is 27.2 Å². The summed E-state index contributed by atoms with van der Waals surface area (Å²) in [5, 5.41) is 13.7. The quantitative estimate of drug-likeness (QED) is 0.755. The lowest BCUT2D eigenvalue weighted by Gasteiger charge is -2.22. The number of hydrogen-bond donors (Lipinski definition) is 2. The van der Waals surface area contributed by atoms with Crippen molar-refractivity contribution < 1.29 is 5.11 Å². The highest BCUT2D eigenvalue weighted by atomic mass is 16.3. The number of aliphatic hydroxyl groups excluding tert-OH is 1. The predicted octanol–water partition coefficient (Wildman–Crippen LogP) is 2.21. The van der Waals surface area contributed by atoms with E-state index in [9.17, 15) is 5.11 Å². The number of likely N-dealkylation sites (N-methyl/N-ethyl adjacent to an activating group) is 1. The molecule has 0 spiro atoms. The molecule has 108 valence electrons. The van der Waals surface area contributed by atoms with Gasteiger partial charge < -0.3 is 15.3 Å². The highest BCUT2D eigenvalue weighted by Gasteiger charge is 2.15. The fraction of sp³-hybridized carbons (Fsp3) is 0.625. The first kappa shape index (κ1) is 16.2. The third-order valence-corrected chi connectivity index (χ3v) is 3.36. The van der Waals surface area contributed by atoms with Crippen LogP contribution < -0.4 is 5.32 Å². The summed E-state index contributed by atoms with van der Waals surface area (Å²) >= 11 is 0. The summed E-state index contributed by atoms with van der Waals surface area (Å²) in [5.41, 5.74) is 2.33. The van der Waals surface area contributed by atoms with Crippen LogP contribution in [-0.4, -0.2) is 43.2 Å². The molecule has 0 aromatic heterocycles. The van der Waals surface area contributed by atoms with Gasteiger partial charge in [0.05, 0.1) is 6.10 Å². The third-order valence-electron chi connectivity index (χ3n) is 3.36. The van der Waals surface area contributed by atoms with Gasteiger partial charge in [0, 0.05) is 19.1 Å². The van der Waals surface area contributed by atoms with E-state index in [1.165, 1.54) is 5.56 Å². The Hall–Kier alpha value is -0.900. The summed E-state index contributed by atoms with van der Waals surface area (Å²) in [7, 11) is 4.10. The molecule has 0 aliphatic heterocycles. The molecule has 0 radical (unpaired) electrons. The Morgan fingerprint density at radius 3 is 2.37 bits per heavy atom. The van der Waals surface area contributed by atoms with Crippen LogP contribution in [-0.2, 0) is 6.42 Å². The molecule has 0 aliphatic rings. The van der Waals surface area contributed by atoms with Crippen molar-refractivity contribution >= 4 is 0 Å². The smallest absolute Gasteiger partial charge is 0.0940 e. The van der Waals surface area contributed by atoms with Crippen LogP contribution in [0.3, 0.4) is 0 Å². The zero-order valence-corrected chi connectivity index (χ0v) is 12.7. The zero-order chi connectivity index (χ0) is 14.3. The zero-order valence-electron chi connectivity index (χ0n) is 12.7. The molecular weight excluding hydrogens is 236 g/mol. The summed E-state index contributed by atoms with van der Waals surface area (Å²) < 4.78 is 0. The van der Waals surface area contributed by atoms with Crippen LogP contribution in [0.15, 0.2) is 24.3 Å². The van der Waals surface area contributed by atoms with Gasteiger partial charge in [-0.2, -0.15) is 0 Å². The lowest BCUT2D eigenvalue weighted by molar-refractivity contribution is 0.135. The van der Waals surface area contributed by atoms with Gasteiger partial charge in [-0.15, -0.1) is 0 Å². The number of aliphatic hydroxyl groups is 1. The summed E-state index contributed by atoms with van der Waals surface area (Å²) in [5.74, 6) is 0. The largest absolute Gasteiger partial charge is 0.387 e. The SMILES string of the molecule is CCCc1ccc(C(O)C(C)NCCN(C)C)cc1. The van der Waals surface area contributed by atoms with Gasteiger partial charge in [0.15, 0.2) is 0 Å². The molecule has 0 fully saturated rings. The van der Waals surface area contributed by atoms with E-state index >= 15 is 0 Å². The summed E-state index contributed by atoms with van der Waals surface area (Å²) in [6.07, 6.45) is 1.81. The van der Waals surface area contributed by atoms with Crippen LogP contribution in [0.5, 0.6) is 0 Å². The van der Waals surface area contributed by atoms with Gasteiger partial charge in [-0.05, 0) is 38.6 Å². The van der Waals surface area contributed by atoms with E-state index in [2.05, 4.69) is 43.4 Å². The molecule has 0 heterocycles. The van der Waals surface area contributed by atoms with E-state index in [-0.39, 0.29) is 6.04 Å². The van der Waals surface area contributed by atoms with Gasteiger partial charge in [0.2, 0.25) is 0 Å². The third kappa shape index (κ3) is 5.72. The molecule has 0 saturated heterocycles. The molecule has 3 heteroatoms. The monoisotopic (exact) mass is 264 g/mol. The number of aryl methyl sites for hydroxylation is 1. The van der Waals surface area contributed by atoms with Crippen molar-refractivity contribution in [3.8, 4) is 0 Å². The molecule has 2 N–H and O–H groups in total. The molecule has 1 rings (SSSR count). The molecule has 1 aromatic rings. The van der Waals surface area contributed by atoms with Crippen molar-refractivity contribution in [2.45, 2.75) is 38.8 Å². The van der Waals surface area contributed by atoms with Crippen LogP contribution in [0.2, 0.25) is 0 Å². The Morgan fingerprint density at radius 2 is 1.84 bits per heavy atom. The van der Waals surface area contributed by atoms with Gasteiger partial charge in [-0.3, -0.25) is 0 Å². The first-order valence-corrected chi connectivity index (χ1v) is 7.19.